The second-order valence-corrected chi connectivity index (χ2v) is 18.0. The van der Waals surface area contributed by atoms with E-state index in [1.807, 2.05) is 88.4 Å². The fourth-order valence-corrected chi connectivity index (χ4v) is 10.4. The van der Waals surface area contributed by atoms with Gasteiger partial charge in [-0.2, -0.15) is 0 Å². The molecule has 0 bridgehead atoms. The first-order valence-corrected chi connectivity index (χ1v) is 22.0. The van der Waals surface area contributed by atoms with Gasteiger partial charge in [-0.3, -0.25) is 0 Å². The van der Waals surface area contributed by atoms with Crippen molar-refractivity contribution in [1.82, 2.24) is 0 Å². The summed E-state index contributed by atoms with van der Waals surface area (Å²) in [6.45, 7) is 7.29. The topological polar surface area (TPSA) is 90.2 Å². The van der Waals surface area contributed by atoms with Gasteiger partial charge in [0, 0.05) is 20.6 Å². The van der Waals surface area contributed by atoms with Gasteiger partial charge in [0.15, 0.2) is 0 Å². The van der Waals surface area contributed by atoms with Crippen molar-refractivity contribution in [2.24, 2.45) is 0 Å². The van der Waals surface area contributed by atoms with Crippen molar-refractivity contribution in [3.8, 4) is 11.5 Å². The van der Waals surface area contributed by atoms with Gasteiger partial charge in [0.25, 0.3) is 0 Å². The Morgan fingerprint density at radius 1 is 0.373 bits per heavy atom. The smallest absolute Gasteiger partial charge is 0.149 e. The first kappa shape index (κ1) is 40.9. The number of aliphatic hydroxyl groups is 4. The van der Waals surface area contributed by atoms with Crippen molar-refractivity contribution in [2.75, 3.05) is 0 Å². The van der Waals surface area contributed by atoms with E-state index in [4.69, 9.17) is 4.74 Å². The van der Waals surface area contributed by atoms with Crippen molar-refractivity contribution in [2.45, 2.75) is 97.4 Å². The van der Waals surface area contributed by atoms with E-state index in [2.05, 4.69) is 72.8 Å². The highest BCUT2D eigenvalue weighted by Gasteiger charge is 2.27. The Kier molecular flexibility index (Phi) is 12.3. The van der Waals surface area contributed by atoms with E-state index in [0.717, 1.165) is 84.9 Å². The zero-order valence-corrected chi connectivity index (χ0v) is 35.5. The molecule has 4 N–H and O–H groups in total. The molecule has 0 fully saturated rings. The number of fused-ring (bicyclic) bond motifs is 4. The predicted molar refractivity (Wildman–Crippen MR) is 246 cm³/mol. The van der Waals surface area contributed by atoms with Crippen LogP contribution in [0.4, 0.5) is 0 Å². The molecule has 300 valence electrons. The lowest BCUT2D eigenvalue weighted by Gasteiger charge is -2.25. The number of hydrogen-bond donors (Lipinski definition) is 4. The molecule has 59 heavy (non-hydrogen) atoms. The molecule has 0 radical (unpaired) electrons. The van der Waals surface area contributed by atoms with Gasteiger partial charge in [0.05, 0.1) is 34.2 Å². The maximum absolute atomic E-state index is 11.2. The number of hydrogen-bond acceptors (Lipinski definition) is 7. The third-order valence-electron chi connectivity index (χ3n) is 10.8. The second-order valence-electron chi connectivity index (χ2n) is 15.8. The molecule has 0 aliphatic rings. The lowest BCUT2D eigenvalue weighted by atomic mass is 9.86. The van der Waals surface area contributed by atoms with E-state index in [0.29, 0.717) is 37.2 Å². The molecule has 0 aliphatic heterocycles. The highest BCUT2D eigenvalue weighted by molar-refractivity contribution is 7.99. The Morgan fingerprint density at radius 2 is 0.678 bits per heavy atom. The van der Waals surface area contributed by atoms with Gasteiger partial charge in [-0.15, -0.1) is 0 Å². The average Bonchev–Trinajstić information content (AvgIpc) is 3.21. The molecule has 8 aromatic carbocycles. The fourth-order valence-electron chi connectivity index (χ4n) is 8.55. The highest BCUT2D eigenvalue weighted by Crippen LogP contribution is 2.52. The number of aliphatic hydroxyl groups excluding tert-OH is 4. The lowest BCUT2D eigenvalue weighted by molar-refractivity contribution is 0.195. The summed E-state index contributed by atoms with van der Waals surface area (Å²) in [5.74, 6) is 1.33. The summed E-state index contributed by atoms with van der Waals surface area (Å²) in [6, 6.07) is 45.7. The van der Waals surface area contributed by atoms with Crippen molar-refractivity contribution in [3.05, 3.63) is 156 Å². The number of rotatable bonds is 14. The van der Waals surface area contributed by atoms with Crippen LogP contribution in [0.2, 0.25) is 0 Å². The molecule has 0 aromatic heterocycles. The van der Waals surface area contributed by atoms with Crippen LogP contribution in [-0.2, 0) is 25.7 Å². The van der Waals surface area contributed by atoms with E-state index in [-0.39, 0.29) is 0 Å². The first-order valence-electron chi connectivity index (χ1n) is 20.4. The van der Waals surface area contributed by atoms with Crippen LogP contribution >= 0.6 is 23.5 Å². The molecule has 0 saturated heterocycles. The monoisotopic (exact) mass is 818 g/mol. The first-order chi connectivity index (χ1) is 28.6. The zero-order chi connectivity index (χ0) is 41.2. The van der Waals surface area contributed by atoms with Gasteiger partial charge < -0.3 is 25.2 Å². The van der Waals surface area contributed by atoms with Crippen LogP contribution in [0.15, 0.2) is 153 Å². The Bertz CT molecular complexity index is 2570. The summed E-state index contributed by atoms with van der Waals surface area (Å²) in [5.41, 5.74) is 4.01. The molecule has 0 saturated carbocycles. The molecule has 4 unspecified atom stereocenters. The molecule has 0 heterocycles. The summed E-state index contributed by atoms with van der Waals surface area (Å²) in [7, 11) is 0. The largest absolute Gasteiger partial charge is 0.454 e. The second kappa shape index (κ2) is 17.8. The van der Waals surface area contributed by atoms with Gasteiger partial charge in [-0.1, -0.05) is 121 Å². The van der Waals surface area contributed by atoms with Gasteiger partial charge in [0.1, 0.15) is 11.5 Å². The van der Waals surface area contributed by atoms with Gasteiger partial charge in [-0.05, 0) is 144 Å². The molecule has 4 atom stereocenters. The minimum atomic E-state index is -0.642. The minimum absolute atomic E-state index is 0.388. The molecule has 7 heteroatoms. The third-order valence-corrected chi connectivity index (χ3v) is 12.9. The normalized spacial score (nSPS) is 13.9. The van der Waals surface area contributed by atoms with Crippen LogP contribution in [0.5, 0.6) is 11.5 Å². The molecule has 8 aromatic rings. The summed E-state index contributed by atoms with van der Waals surface area (Å²) < 4.78 is 7.74. The van der Waals surface area contributed by atoms with E-state index < -0.39 is 24.4 Å². The van der Waals surface area contributed by atoms with E-state index in [9.17, 15) is 20.4 Å². The molecular formula is C52H50O5S2. The Hall–Kier alpha value is -4.86. The summed E-state index contributed by atoms with van der Waals surface area (Å²) in [4.78, 5) is 3.92. The minimum Gasteiger partial charge on any atom is -0.454 e. The summed E-state index contributed by atoms with van der Waals surface area (Å²) in [5, 5.41) is 52.1. The molecular weight excluding hydrogens is 769 g/mol. The predicted octanol–water partition coefficient (Wildman–Crippen LogP) is 12.1. The Morgan fingerprint density at radius 3 is 1.02 bits per heavy atom. The van der Waals surface area contributed by atoms with Gasteiger partial charge in [-0.25, -0.2) is 0 Å². The quantitative estimate of drug-likeness (QED) is 0.0813. The molecule has 0 aliphatic carbocycles. The van der Waals surface area contributed by atoms with Crippen LogP contribution in [0.3, 0.4) is 0 Å². The SMILES string of the molecule is CC(O)Cc1c2ccccc2c(CC(C)O)c2c(Oc3c(Sc4ccccc4)ccc4c(CC(C)O)c5ccccc5c(CC(C)O)c34)c(Sc3ccccc3)ccc12. The van der Waals surface area contributed by atoms with Crippen LogP contribution in [0.25, 0.3) is 43.1 Å². The summed E-state index contributed by atoms with van der Waals surface area (Å²) in [6.07, 6.45) is -0.822. The molecule has 5 nitrogen and oxygen atoms in total. The number of benzene rings is 8. The Balaban J connectivity index is 1.54. The van der Waals surface area contributed by atoms with Crippen LogP contribution in [0, 0.1) is 0 Å². The average molecular weight is 819 g/mol. The third kappa shape index (κ3) is 8.60. The number of ether oxygens (including phenoxy) is 1. The summed E-state index contributed by atoms with van der Waals surface area (Å²) >= 11 is 3.26. The van der Waals surface area contributed by atoms with Crippen LogP contribution in [0.1, 0.15) is 49.9 Å². The standard InChI is InChI=1S/C52H50O5S2/c1-31(53)27-43-37-19-11-13-21-39(37)45(29-33(3)55)49-41(43)23-25-47(58-35-15-7-5-8-16-35)51(49)57-52-48(59-36-17-9-6-10-18-36)26-24-42-44(28-32(2)54)38-20-12-14-22-40(38)46(50(42)52)30-34(4)56/h5-26,31-34,53-56H,27-30H2,1-4H3. The van der Waals surface area contributed by atoms with Crippen LogP contribution < -0.4 is 4.74 Å². The molecule has 8 rings (SSSR count). The maximum atomic E-state index is 11.2. The lowest BCUT2D eigenvalue weighted by Crippen LogP contribution is -2.11. The van der Waals surface area contributed by atoms with E-state index >= 15 is 0 Å². The van der Waals surface area contributed by atoms with Gasteiger partial charge >= 0.3 is 0 Å². The van der Waals surface area contributed by atoms with Crippen molar-refractivity contribution >= 4 is 66.6 Å². The van der Waals surface area contributed by atoms with E-state index in [1.54, 1.807) is 23.5 Å². The van der Waals surface area contributed by atoms with Gasteiger partial charge in [0.2, 0.25) is 0 Å². The molecule has 0 spiro atoms. The van der Waals surface area contributed by atoms with Crippen LogP contribution in [-0.4, -0.2) is 44.8 Å². The highest BCUT2D eigenvalue weighted by atomic mass is 32.2. The van der Waals surface area contributed by atoms with Crippen molar-refractivity contribution in [1.29, 1.82) is 0 Å². The Labute approximate surface area is 354 Å². The van der Waals surface area contributed by atoms with Crippen molar-refractivity contribution in [3.63, 3.8) is 0 Å². The fraction of sp³-hybridized carbons (Fsp3) is 0.231. The zero-order valence-electron chi connectivity index (χ0n) is 33.9. The maximum Gasteiger partial charge on any atom is 0.149 e. The van der Waals surface area contributed by atoms with E-state index in [1.165, 1.54) is 0 Å². The molecule has 0 amide bonds. The van der Waals surface area contributed by atoms with Crippen molar-refractivity contribution < 1.29 is 25.2 Å².